The molecule has 20 heavy (non-hydrogen) atoms. The molecule has 0 radical (unpaired) electrons. The maximum atomic E-state index is 11.4. The van der Waals surface area contributed by atoms with E-state index in [2.05, 4.69) is 53.2 Å². The molecule has 2 aliphatic rings. The fourth-order valence-corrected chi connectivity index (χ4v) is 3.70. The van der Waals surface area contributed by atoms with Crippen molar-refractivity contribution < 1.29 is 4.79 Å². The summed E-state index contributed by atoms with van der Waals surface area (Å²) in [6.07, 6.45) is 4.17. The van der Waals surface area contributed by atoms with Gasteiger partial charge in [-0.05, 0) is 37.8 Å². The highest BCUT2D eigenvalue weighted by Gasteiger charge is 2.46. The molecule has 4 heteroatoms. The predicted octanol–water partition coefficient (Wildman–Crippen LogP) is 2.12. The molecular formula is C16H23N3O. The molecule has 1 spiro atoms. The second-order valence-electron chi connectivity index (χ2n) is 6.07. The van der Waals surface area contributed by atoms with Crippen molar-refractivity contribution in [2.45, 2.75) is 43.7 Å². The van der Waals surface area contributed by atoms with E-state index in [0.29, 0.717) is 0 Å². The number of nitrogens with one attached hydrogen (secondary N) is 3. The van der Waals surface area contributed by atoms with E-state index in [4.69, 9.17) is 0 Å². The van der Waals surface area contributed by atoms with Crippen LogP contribution in [0.25, 0.3) is 0 Å². The number of carbonyl (C=O) groups excluding carboxylic acids is 1. The Balaban J connectivity index is 1.80. The summed E-state index contributed by atoms with van der Waals surface area (Å²) in [5.41, 5.74) is 1.41. The van der Waals surface area contributed by atoms with Gasteiger partial charge in [-0.25, -0.2) is 4.79 Å². The smallest absolute Gasteiger partial charge is 0.315 e. The van der Waals surface area contributed by atoms with Gasteiger partial charge in [0.15, 0.2) is 0 Å². The molecule has 1 saturated carbocycles. The third-order valence-corrected chi connectivity index (χ3v) is 4.87. The largest absolute Gasteiger partial charge is 0.336 e. The molecule has 108 valence electrons. The maximum absolute atomic E-state index is 11.4. The lowest BCUT2D eigenvalue weighted by Gasteiger charge is -2.45. The Morgan fingerprint density at radius 2 is 1.85 bits per heavy atom. The summed E-state index contributed by atoms with van der Waals surface area (Å²) in [4.78, 5) is 11.4. The van der Waals surface area contributed by atoms with Crippen molar-refractivity contribution in [3.05, 3.63) is 35.9 Å². The number of amides is 2. The van der Waals surface area contributed by atoms with Gasteiger partial charge in [0, 0.05) is 12.1 Å². The van der Waals surface area contributed by atoms with Crippen molar-refractivity contribution in [1.82, 2.24) is 16.0 Å². The molecule has 3 N–H and O–H groups in total. The molecule has 1 aromatic carbocycles. The summed E-state index contributed by atoms with van der Waals surface area (Å²) in [7, 11) is 0. The summed E-state index contributed by atoms with van der Waals surface area (Å²) < 4.78 is 0. The molecule has 0 aromatic heterocycles. The first-order chi connectivity index (χ1) is 9.68. The highest BCUT2D eigenvalue weighted by atomic mass is 16.2. The van der Waals surface area contributed by atoms with E-state index in [1.165, 1.54) is 5.56 Å². The van der Waals surface area contributed by atoms with Crippen molar-refractivity contribution in [2.75, 3.05) is 13.1 Å². The Bertz CT molecular complexity index is 478. The first-order valence-electron chi connectivity index (χ1n) is 7.55. The molecule has 3 rings (SSSR count). The molecule has 1 aliphatic heterocycles. The number of hydrogen-bond acceptors (Lipinski definition) is 2. The highest BCUT2D eigenvalue weighted by Crippen LogP contribution is 2.41. The minimum absolute atomic E-state index is 0.0133. The van der Waals surface area contributed by atoms with Crippen molar-refractivity contribution in [3.8, 4) is 0 Å². The number of carbonyl (C=O) groups is 1. The van der Waals surface area contributed by atoms with Crippen LogP contribution in [0.3, 0.4) is 0 Å². The first-order valence-corrected chi connectivity index (χ1v) is 7.55. The Morgan fingerprint density at radius 1 is 1.15 bits per heavy atom. The van der Waals surface area contributed by atoms with Crippen molar-refractivity contribution in [1.29, 1.82) is 0 Å². The van der Waals surface area contributed by atoms with Gasteiger partial charge in [0.1, 0.15) is 0 Å². The van der Waals surface area contributed by atoms with Gasteiger partial charge in [0.25, 0.3) is 0 Å². The molecule has 2 fully saturated rings. The van der Waals surface area contributed by atoms with Crippen LogP contribution in [0.2, 0.25) is 0 Å². The van der Waals surface area contributed by atoms with Crippen molar-refractivity contribution in [2.24, 2.45) is 0 Å². The van der Waals surface area contributed by atoms with Gasteiger partial charge in [-0.1, -0.05) is 37.3 Å². The third kappa shape index (κ3) is 2.29. The zero-order valence-corrected chi connectivity index (χ0v) is 12.0. The zero-order chi connectivity index (χ0) is 14.1. The Morgan fingerprint density at radius 3 is 2.40 bits per heavy atom. The van der Waals surface area contributed by atoms with E-state index in [9.17, 15) is 4.79 Å². The van der Waals surface area contributed by atoms with Crippen molar-refractivity contribution in [3.63, 3.8) is 0 Å². The first kappa shape index (κ1) is 13.4. The minimum atomic E-state index is -0.0230. The summed E-state index contributed by atoms with van der Waals surface area (Å²) in [5, 5.41) is 9.73. The maximum Gasteiger partial charge on any atom is 0.315 e. The molecule has 1 heterocycles. The van der Waals surface area contributed by atoms with Gasteiger partial charge in [0.2, 0.25) is 0 Å². The van der Waals surface area contributed by atoms with Gasteiger partial charge in [0.05, 0.1) is 5.54 Å². The summed E-state index contributed by atoms with van der Waals surface area (Å²) in [5.74, 6) is 0. The van der Waals surface area contributed by atoms with Crippen molar-refractivity contribution >= 4 is 6.03 Å². The van der Waals surface area contributed by atoms with Crippen LogP contribution >= 0.6 is 0 Å². The number of benzene rings is 1. The minimum Gasteiger partial charge on any atom is -0.336 e. The topological polar surface area (TPSA) is 53.2 Å². The van der Waals surface area contributed by atoms with Crippen LogP contribution in [0.15, 0.2) is 30.3 Å². The van der Waals surface area contributed by atoms with Crippen LogP contribution in [0, 0.1) is 0 Å². The van der Waals surface area contributed by atoms with Gasteiger partial charge in [-0.15, -0.1) is 0 Å². The van der Waals surface area contributed by atoms with Crippen LogP contribution in [-0.4, -0.2) is 24.7 Å². The number of urea groups is 1. The predicted molar refractivity (Wildman–Crippen MR) is 79.5 cm³/mol. The summed E-state index contributed by atoms with van der Waals surface area (Å²) in [6.45, 7) is 3.89. The van der Waals surface area contributed by atoms with Gasteiger partial charge >= 0.3 is 6.03 Å². The molecule has 0 unspecified atom stereocenters. The Hall–Kier alpha value is -1.55. The molecule has 1 aromatic rings. The third-order valence-electron chi connectivity index (χ3n) is 4.87. The normalized spacial score (nSPS) is 33.0. The van der Waals surface area contributed by atoms with Crippen LogP contribution in [0.1, 0.15) is 38.2 Å². The van der Waals surface area contributed by atoms with Crippen LogP contribution in [-0.2, 0) is 5.54 Å². The SMILES string of the molecule is CCN[C@]1(c2ccccc2)CC[C@]2(CC1)CNC(=O)N2. The number of hydrogen-bond donors (Lipinski definition) is 3. The zero-order valence-electron chi connectivity index (χ0n) is 12.0. The standard InChI is InChI=1S/C16H23N3O/c1-2-18-16(13-6-4-3-5-7-13)10-8-15(9-11-16)12-17-14(20)19-15/h3-7,18H,2,8-12H2,1H3,(H2,17,19,20)/t15-,16+. The average molecular weight is 273 g/mol. The Kier molecular flexibility index (Phi) is 3.42. The number of rotatable bonds is 3. The molecule has 0 atom stereocenters. The van der Waals surface area contributed by atoms with E-state index >= 15 is 0 Å². The van der Waals surface area contributed by atoms with E-state index in [1.54, 1.807) is 0 Å². The lowest BCUT2D eigenvalue weighted by molar-refractivity contribution is 0.160. The molecule has 1 aliphatic carbocycles. The van der Waals surface area contributed by atoms with E-state index in [-0.39, 0.29) is 17.1 Å². The summed E-state index contributed by atoms with van der Waals surface area (Å²) in [6, 6.07) is 10.7. The second kappa shape index (κ2) is 5.09. The molecule has 1 saturated heterocycles. The van der Waals surface area contributed by atoms with Crippen LogP contribution in [0.5, 0.6) is 0 Å². The van der Waals surface area contributed by atoms with Gasteiger partial charge < -0.3 is 16.0 Å². The molecule has 4 nitrogen and oxygen atoms in total. The second-order valence-corrected chi connectivity index (χ2v) is 6.07. The molecule has 0 bridgehead atoms. The van der Waals surface area contributed by atoms with Crippen LogP contribution in [0.4, 0.5) is 4.79 Å². The van der Waals surface area contributed by atoms with E-state index < -0.39 is 0 Å². The highest BCUT2D eigenvalue weighted by molar-refractivity contribution is 5.77. The fourth-order valence-electron chi connectivity index (χ4n) is 3.70. The monoisotopic (exact) mass is 273 g/mol. The van der Waals surface area contributed by atoms with Gasteiger partial charge in [-0.2, -0.15) is 0 Å². The fraction of sp³-hybridized carbons (Fsp3) is 0.562. The molecule has 2 amide bonds. The quantitative estimate of drug-likeness (QED) is 0.790. The molecular weight excluding hydrogens is 250 g/mol. The lowest BCUT2D eigenvalue weighted by Crippen LogP contribution is -2.54. The lowest BCUT2D eigenvalue weighted by atomic mass is 9.69. The van der Waals surface area contributed by atoms with E-state index in [0.717, 1.165) is 38.8 Å². The Labute approximate surface area is 120 Å². The van der Waals surface area contributed by atoms with Crippen LogP contribution < -0.4 is 16.0 Å². The van der Waals surface area contributed by atoms with E-state index in [1.807, 2.05) is 0 Å². The van der Waals surface area contributed by atoms with Gasteiger partial charge in [-0.3, -0.25) is 0 Å². The summed E-state index contributed by atoms with van der Waals surface area (Å²) >= 11 is 0. The average Bonchev–Trinajstić information content (AvgIpc) is 2.84.